The Morgan fingerprint density at radius 2 is 1.73 bits per heavy atom. The van der Waals surface area contributed by atoms with Crippen LogP contribution in [0, 0.1) is 5.82 Å². The molecule has 22 heavy (non-hydrogen) atoms. The van der Waals surface area contributed by atoms with Crippen molar-refractivity contribution < 1.29 is 18.7 Å². The SMILES string of the molecule is COc1ccc(CCC=O)cc1OCCc1ccc(F)cc1. The molecule has 0 aliphatic heterocycles. The number of carbonyl (C=O) groups is 1. The fourth-order valence-corrected chi connectivity index (χ4v) is 2.14. The van der Waals surface area contributed by atoms with Gasteiger partial charge in [-0.3, -0.25) is 0 Å². The first-order valence-electron chi connectivity index (χ1n) is 7.20. The Morgan fingerprint density at radius 1 is 1.00 bits per heavy atom. The molecule has 116 valence electrons. The van der Waals surface area contributed by atoms with E-state index in [1.54, 1.807) is 19.2 Å². The van der Waals surface area contributed by atoms with Gasteiger partial charge in [-0.1, -0.05) is 18.2 Å². The number of hydrogen-bond acceptors (Lipinski definition) is 3. The highest BCUT2D eigenvalue weighted by Gasteiger charge is 2.06. The van der Waals surface area contributed by atoms with Crippen LogP contribution < -0.4 is 9.47 Å². The molecule has 0 aromatic heterocycles. The Kier molecular flexibility index (Phi) is 5.95. The Morgan fingerprint density at radius 3 is 2.41 bits per heavy atom. The molecule has 0 spiro atoms. The van der Waals surface area contributed by atoms with Crippen molar-refractivity contribution in [2.75, 3.05) is 13.7 Å². The number of rotatable bonds is 8. The molecule has 0 aliphatic carbocycles. The van der Waals surface area contributed by atoms with Crippen LogP contribution in [0.1, 0.15) is 17.5 Å². The lowest BCUT2D eigenvalue weighted by molar-refractivity contribution is -0.107. The zero-order valence-corrected chi connectivity index (χ0v) is 12.5. The van der Waals surface area contributed by atoms with Gasteiger partial charge in [0.1, 0.15) is 12.1 Å². The topological polar surface area (TPSA) is 35.5 Å². The first kappa shape index (κ1) is 16.0. The van der Waals surface area contributed by atoms with Crippen LogP contribution in [0.3, 0.4) is 0 Å². The second kappa shape index (κ2) is 8.17. The van der Waals surface area contributed by atoms with Gasteiger partial charge in [0.05, 0.1) is 13.7 Å². The standard InChI is InChI=1S/C18H19FO3/c1-21-17-9-6-15(3-2-11-20)13-18(17)22-12-10-14-4-7-16(19)8-5-14/h4-9,11,13H,2-3,10,12H2,1H3. The minimum absolute atomic E-state index is 0.241. The van der Waals surface area contributed by atoms with E-state index in [1.807, 2.05) is 18.2 Å². The van der Waals surface area contributed by atoms with Crippen molar-refractivity contribution in [1.82, 2.24) is 0 Å². The van der Waals surface area contributed by atoms with Gasteiger partial charge in [0, 0.05) is 12.8 Å². The molecule has 2 aromatic carbocycles. The molecule has 0 aliphatic rings. The zero-order valence-electron chi connectivity index (χ0n) is 12.5. The van der Waals surface area contributed by atoms with Crippen LogP contribution in [-0.4, -0.2) is 20.0 Å². The molecule has 0 N–H and O–H groups in total. The number of aryl methyl sites for hydroxylation is 1. The maximum Gasteiger partial charge on any atom is 0.161 e. The second-order valence-corrected chi connectivity index (χ2v) is 4.92. The smallest absolute Gasteiger partial charge is 0.161 e. The van der Waals surface area contributed by atoms with Crippen LogP contribution in [-0.2, 0) is 17.6 Å². The fraction of sp³-hybridized carbons (Fsp3) is 0.278. The summed E-state index contributed by atoms with van der Waals surface area (Å²) in [4.78, 5) is 10.5. The van der Waals surface area contributed by atoms with Gasteiger partial charge in [0.2, 0.25) is 0 Å². The summed E-state index contributed by atoms with van der Waals surface area (Å²) in [5.74, 6) is 1.08. The van der Waals surface area contributed by atoms with Crippen molar-refractivity contribution in [3.63, 3.8) is 0 Å². The van der Waals surface area contributed by atoms with Gasteiger partial charge in [-0.25, -0.2) is 4.39 Å². The molecule has 0 heterocycles. The minimum atomic E-state index is -0.241. The molecule has 0 saturated carbocycles. The maximum absolute atomic E-state index is 12.8. The van der Waals surface area contributed by atoms with Crippen LogP contribution in [0.4, 0.5) is 4.39 Å². The van der Waals surface area contributed by atoms with Crippen LogP contribution >= 0.6 is 0 Å². The van der Waals surface area contributed by atoms with Crippen LogP contribution in [0.25, 0.3) is 0 Å². The van der Waals surface area contributed by atoms with E-state index in [1.165, 1.54) is 12.1 Å². The van der Waals surface area contributed by atoms with Crippen molar-refractivity contribution in [2.45, 2.75) is 19.3 Å². The van der Waals surface area contributed by atoms with Crippen molar-refractivity contribution in [3.05, 3.63) is 59.4 Å². The Labute approximate surface area is 129 Å². The minimum Gasteiger partial charge on any atom is -0.493 e. The summed E-state index contributed by atoms with van der Waals surface area (Å²) in [5.41, 5.74) is 2.04. The highest BCUT2D eigenvalue weighted by molar-refractivity contribution is 5.51. The predicted molar refractivity (Wildman–Crippen MR) is 83.0 cm³/mol. The molecular formula is C18H19FO3. The second-order valence-electron chi connectivity index (χ2n) is 4.92. The molecule has 0 bridgehead atoms. The quantitative estimate of drug-likeness (QED) is 0.699. The first-order valence-corrected chi connectivity index (χ1v) is 7.20. The maximum atomic E-state index is 12.8. The predicted octanol–water partition coefficient (Wildman–Crippen LogP) is 3.59. The lowest BCUT2D eigenvalue weighted by atomic mass is 10.1. The molecule has 4 heteroatoms. The third kappa shape index (κ3) is 4.58. The molecule has 0 unspecified atom stereocenters. The molecule has 0 atom stereocenters. The molecule has 0 radical (unpaired) electrons. The first-order chi connectivity index (χ1) is 10.7. The molecule has 0 saturated heterocycles. The Bertz CT molecular complexity index is 608. The Balaban J connectivity index is 1.97. The third-order valence-corrected chi connectivity index (χ3v) is 3.34. The lowest BCUT2D eigenvalue weighted by Crippen LogP contribution is -2.03. The lowest BCUT2D eigenvalue weighted by Gasteiger charge is -2.12. The number of hydrogen-bond donors (Lipinski definition) is 0. The molecular weight excluding hydrogens is 283 g/mol. The van der Waals surface area contributed by atoms with E-state index >= 15 is 0 Å². The summed E-state index contributed by atoms with van der Waals surface area (Å²) >= 11 is 0. The van der Waals surface area contributed by atoms with E-state index in [-0.39, 0.29) is 5.82 Å². The van der Waals surface area contributed by atoms with Gasteiger partial charge < -0.3 is 14.3 Å². The highest BCUT2D eigenvalue weighted by Crippen LogP contribution is 2.28. The summed E-state index contributed by atoms with van der Waals surface area (Å²) in [6.07, 6.45) is 2.75. The van der Waals surface area contributed by atoms with Gasteiger partial charge in [0.15, 0.2) is 11.5 Å². The monoisotopic (exact) mass is 302 g/mol. The summed E-state index contributed by atoms with van der Waals surface area (Å²) in [7, 11) is 1.59. The van der Waals surface area contributed by atoms with Gasteiger partial charge >= 0.3 is 0 Å². The summed E-state index contributed by atoms with van der Waals surface area (Å²) in [6, 6.07) is 12.0. The van der Waals surface area contributed by atoms with E-state index in [0.717, 1.165) is 17.4 Å². The van der Waals surface area contributed by atoms with E-state index in [2.05, 4.69) is 0 Å². The average Bonchev–Trinajstić information content (AvgIpc) is 2.55. The van der Waals surface area contributed by atoms with Gasteiger partial charge in [0.25, 0.3) is 0 Å². The van der Waals surface area contributed by atoms with E-state index in [9.17, 15) is 9.18 Å². The van der Waals surface area contributed by atoms with E-state index in [0.29, 0.717) is 37.4 Å². The zero-order chi connectivity index (χ0) is 15.8. The number of benzene rings is 2. The number of halogens is 1. The van der Waals surface area contributed by atoms with Gasteiger partial charge in [-0.2, -0.15) is 0 Å². The van der Waals surface area contributed by atoms with Crippen LogP contribution in [0.5, 0.6) is 11.5 Å². The normalized spacial score (nSPS) is 10.3. The number of methoxy groups -OCH3 is 1. The van der Waals surface area contributed by atoms with Crippen molar-refractivity contribution >= 4 is 6.29 Å². The Hall–Kier alpha value is -2.36. The van der Waals surface area contributed by atoms with Gasteiger partial charge in [-0.15, -0.1) is 0 Å². The molecule has 2 aromatic rings. The molecule has 3 nitrogen and oxygen atoms in total. The van der Waals surface area contributed by atoms with Crippen molar-refractivity contribution in [2.24, 2.45) is 0 Å². The summed E-state index contributed by atoms with van der Waals surface area (Å²) < 4.78 is 23.9. The fourth-order valence-electron chi connectivity index (χ4n) is 2.14. The molecule has 0 amide bonds. The summed E-state index contributed by atoms with van der Waals surface area (Å²) in [6.45, 7) is 0.471. The molecule has 0 fully saturated rings. The number of ether oxygens (including phenoxy) is 2. The highest BCUT2D eigenvalue weighted by atomic mass is 19.1. The van der Waals surface area contributed by atoms with E-state index in [4.69, 9.17) is 9.47 Å². The van der Waals surface area contributed by atoms with Crippen molar-refractivity contribution in [1.29, 1.82) is 0 Å². The van der Waals surface area contributed by atoms with E-state index < -0.39 is 0 Å². The van der Waals surface area contributed by atoms with Crippen LogP contribution in [0.2, 0.25) is 0 Å². The number of carbonyl (C=O) groups excluding carboxylic acids is 1. The van der Waals surface area contributed by atoms with Crippen LogP contribution in [0.15, 0.2) is 42.5 Å². The largest absolute Gasteiger partial charge is 0.493 e. The molecule has 2 rings (SSSR count). The van der Waals surface area contributed by atoms with Gasteiger partial charge in [-0.05, 0) is 41.8 Å². The number of aldehydes is 1. The third-order valence-electron chi connectivity index (χ3n) is 3.34. The van der Waals surface area contributed by atoms with Crippen molar-refractivity contribution in [3.8, 4) is 11.5 Å². The summed E-state index contributed by atoms with van der Waals surface area (Å²) in [5, 5.41) is 0. The average molecular weight is 302 g/mol.